The van der Waals surface area contributed by atoms with Crippen molar-refractivity contribution in [2.75, 3.05) is 0 Å². The Morgan fingerprint density at radius 3 is 2.08 bits per heavy atom. The first-order valence-electron chi connectivity index (χ1n) is 8.49. The van der Waals surface area contributed by atoms with Crippen molar-refractivity contribution in [2.45, 2.75) is 19.6 Å². The van der Waals surface area contributed by atoms with Gasteiger partial charge in [-0.15, -0.1) is 0 Å². The molecule has 4 heteroatoms. The van der Waals surface area contributed by atoms with Crippen molar-refractivity contribution < 1.29 is 26.0 Å². The summed E-state index contributed by atoms with van der Waals surface area (Å²) in [5, 5.41) is 2.04. The number of hydrogen-bond donors (Lipinski definition) is 0. The number of benzene rings is 3. The number of hydrogen-bond acceptors (Lipinski definition) is 1. The van der Waals surface area contributed by atoms with Crippen LogP contribution in [-0.4, -0.2) is 13.9 Å². The van der Waals surface area contributed by atoms with Crippen LogP contribution in [0.25, 0.3) is 0 Å². The van der Waals surface area contributed by atoms with Gasteiger partial charge in [0.25, 0.3) is 0 Å². The summed E-state index contributed by atoms with van der Waals surface area (Å²) >= 11 is 5.70. The van der Waals surface area contributed by atoms with Crippen LogP contribution >= 0.6 is 11.6 Å². The molecule has 0 radical (unpaired) electrons. The SMILES string of the molecule is C[Si](C)(C)c1cc(C(=O)c2ccc(Cl)cc2)ccc1[I+]c1ccccc1. The van der Waals surface area contributed by atoms with E-state index >= 15 is 0 Å². The second kappa shape index (κ2) is 8.07. The highest BCUT2D eigenvalue weighted by Gasteiger charge is 2.29. The lowest BCUT2D eigenvalue weighted by Crippen LogP contribution is -3.62. The molecule has 0 aliphatic carbocycles. The van der Waals surface area contributed by atoms with Gasteiger partial charge in [0, 0.05) is 16.1 Å². The first-order valence-corrected chi connectivity index (χ1v) is 14.5. The summed E-state index contributed by atoms with van der Waals surface area (Å²) in [6.45, 7) is 7.03. The van der Waals surface area contributed by atoms with E-state index < -0.39 is 8.07 Å². The van der Waals surface area contributed by atoms with Crippen LogP contribution in [0, 0.1) is 7.14 Å². The van der Waals surface area contributed by atoms with Crippen LogP contribution in [0.15, 0.2) is 72.8 Å². The van der Waals surface area contributed by atoms with Crippen molar-refractivity contribution in [2.24, 2.45) is 0 Å². The quantitative estimate of drug-likeness (QED) is 0.304. The van der Waals surface area contributed by atoms with Crippen molar-refractivity contribution in [1.29, 1.82) is 0 Å². The molecule has 3 rings (SSSR count). The monoisotopic (exact) mass is 491 g/mol. The third kappa shape index (κ3) is 4.64. The molecule has 0 saturated carbocycles. The molecular weight excluding hydrogens is 471 g/mol. The lowest BCUT2D eigenvalue weighted by Gasteiger charge is -2.17. The Labute approximate surface area is 171 Å². The summed E-state index contributed by atoms with van der Waals surface area (Å²) in [5.41, 5.74) is 1.45. The van der Waals surface area contributed by atoms with Gasteiger partial charge in [-0.3, -0.25) is 4.79 Å². The van der Waals surface area contributed by atoms with Gasteiger partial charge >= 0.3 is 21.2 Å². The summed E-state index contributed by atoms with van der Waals surface area (Å²) < 4.78 is 2.84. The van der Waals surface area contributed by atoms with Crippen LogP contribution in [0.2, 0.25) is 24.7 Å². The third-order valence-electron chi connectivity index (χ3n) is 4.09. The summed E-state index contributed by atoms with van der Waals surface area (Å²) in [5.74, 6) is 0.0608. The van der Waals surface area contributed by atoms with Crippen LogP contribution in [0.4, 0.5) is 0 Å². The summed E-state index contributed by atoms with van der Waals surface area (Å²) in [4.78, 5) is 12.9. The smallest absolute Gasteiger partial charge is 0.289 e. The fraction of sp³-hybridized carbons (Fsp3) is 0.136. The highest BCUT2D eigenvalue weighted by Crippen LogP contribution is 2.14. The van der Waals surface area contributed by atoms with Crippen molar-refractivity contribution in [3.8, 4) is 0 Å². The average Bonchev–Trinajstić information content (AvgIpc) is 2.62. The molecule has 0 unspecified atom stereocenters. The molecule has 0 atom stereocenters. The highest BCUT2D eigenvalue weighted by atomic mass is 127. The molecule has 0 fully saturated rings. The maximum absolute atomic E-state index is 12.9. The van der Waals surface area contributed by atoms with E-state index in [9.17, 15) is 4.79 Å². The Hall–Kier alpha value is -1.43. The van der Waals surface area contributed by atoms with Crippen LogP contribution in [0.5, 0.6) is 0 Å². The molecule has 132 valence electrons. The first kappa shape index (κ1) is 19.3. The molecule has 0 saturated heterocycles. The van der Waals surface area contributed by atoms with Gasteiger partial charge in [0.1, 0.15) is 0 Å². The van der Waals surface area contributed by atoms with Gasteiger partial charge < -0.3 is 0 Å². The average molecular weight is 492 g/mol. The molecule has 0 aliphatic rings. The van der Waals surface area contributed by atoms with Gasteiger partial charge in [0.15, 0.2) is 12.9 Å². The van der Waals surface area contributed by atoms with E-state index in [0.717, 1.165) is 5.56 Å². The fourth-order valence-electron chi connectivity index (χ4n) is 2.69. The minimum atomic E-state index is -1.56. The molecule has 0 spiro atoms. The van der Waals surface area contributed by atoms with Gasteiger partial charge in [-0.1, -0.05) is 49.4 Å². The van der Waals surface area contributed by atoms with Crippen molar-refractivity contribution in [3.05, 3.63) is 96.1 Å². The lowest BCUT2D eigenvalue weighted by molar-refractivity contribution is -0.596. The standard InChI is InChI=1S/C22H21ClIOSi/c1-26(2,3)21-15-17(22(25)16-9-12-18(23)13-10-16)11-14-20(21)24-19-7-5-4-6-8-19/h4-15H,1-3H3/q+1. The second-order valence-corrected chi connectivity index (χ2v) is 15.6. The molecule has 0 N–H and O–H groups in total. The van der Waals surface area contributed by atoms with Gasteiger partial charge in [-0.05, 0) is 59.8 Å². The summed E-state index contributed by atoms with van der Waals surface area (Å²) in [7, 11) is -1.56. The Morgan fingerprint density at radius 1 is 0.846 bits per heavy atom. The Balaban J connectivity index is 1.99. The molecule has 0 heterocycles. The number of ketones is 1. The zero-order valence-corrected chi connectivity index (χ0v) is 19.0. The van der Waals surface area contributed by atoms with Crippen LogP contribution in [-0.2, 0) is 0 Å². The Morgan fingerprint density at radius 2 is 1.46 bits per heavy atom. The molecular formula is C22H21ClIOSi+. The maximum Gasteiger partial charge on any atom is 0.357 e. The van der Waals surface area contributed by atoms with E-state index in [1.807, 2.05) is 6.07 Å². The van der Waals surface area contributed by atoms with Crippen LogP contribution in [0.3, 0.4) is 0 Å². The Bertz CT molecular complexity index is 915. The highest BCUT2D eigenvalue weighted by molar-refractivity contribution is 6.88. The molecule has 0 bridgehead atoms. The van der Waals surface area contributed by atoms with E-state index in [1.54, 1.807) is 24.3 Å². The van der Waals surface area contributed by atoms with E-state index in [1.165, 1.54) is 12.3 Å². The summed E-state index contributed by atoms with van der Waals surface area (Å²) in [6, 6.07) is 24.1. The Kier molecular flexibility index (Phi) is 6.00. The molecule has 1 nitrogen and oxygen atoms in total. The van der Waals surface area contributed by atoms with Crippen molar-refractivity contribution in [1.82, 2.24) is 0 Å². The lowest BCUT2D eigenvalue weighted by atomic mass is 10.0. The minimum Gasteiger partial charge on any atom is -0.289 e. The van der Waals surface area contributed by atoms with E-state index in [0.29, 0.717) is 10.6 Å². The number of halogens is 2. The number of carbonyl (C=O) groups is 1. The minimum absolute atomic E-state index is 0.0608. The molecule has 0 amide bonds. The molecule has 0 aliphatic heterocycles. The zero-order valence-electron chi connectivity index (χ0n) is 15.1. The van der Waals surface area contributed by atoms with Gasteiger partial charge in [-0.2, -0.15) is 0 Å². The largest absolute Gasteiger partial charge is 0.357 e. The molecule has 3 aromatic rings. The van der Waals surface area contributed by atoms with Gasteiger partial charge in [-0.25, -0.2) is 0 Å². The predicted molar refractivity (Wildman–Crippen MR) is 108 cm³/mol. The first-order chi connectivity index (χ1) is 12.3. The fourth-order valence-corrected chi connectivity index (χ4v) is 9.20. The maximum atomic E-state index is 12.9. The van der Waals surface area contributed by atoms with E-state index in [4.69, 9.17) is 11.6 Å². The van der Waals surface area contributed by atoms with Crippen molar-refractivity contribution in [3.63, 3.8) is 0 Å². The van der Waals surface area contributed by atoms with E-state index in [2.05, 4.69) is 62.1 Å². The third-order valence-corrected chi connectivity index (χ3v) is 9.74. The van der Waals surface area contributed by atoms with Crippen LogP contribution < -0.4 is 26.4 Å². The van der Waals surface area contributed by atoms with Gasteiger partial charge in [0.05, 0.1) is 8.07 Å². The topological polar surface area (TPSA) is 17.1 Å². The van der Waals surface area contributed by atoms with E-state index in [-0.39, 0.29) is 27.0 Å². The predicted octanol–water partition coefficient (Wildman–Crippen LogP) is 2.24. The number of carbonyl (C=O) groups excluding carboxylic acids is 1. The zero-order chi connectivity index (χ0) is 18.7. The van der Waals surface area contributed by atoms with Crippen LogP contribution in [0.1, 0.15) is 15.9 Å². The molecule has 26 heavy (non-hydrogen) atoms. The normalized spacial score (nSPS) is 11.4. The molecule has 0 aromatic heterocycles. The molecule has 3 aromatic carbocycles. The summed E-state index contributed by atoms with van der Waals surface area (Å²) in [6.07, 6.45) is 0. The number of rotatable bonds is 5. The van der Waals surface area contributed by atoms with Gasteiger partial charge in [0.2, 0.25) is 0 Å². The van der Waals surface area contributed by atoms with Crippen molar-refractivity contribution >= 4 is 30.6 Å². The second-order valence-electron chi connectivity index (χ2n) is 7.17.